The van der Waals surface area contributed by atoms with E-state index in [9.17, 15) is 53.1 Å². The van der Waals surface area contributed by atoms with Crippen molar-refractivity contribution in [3.05, 3.63) is 92.9 Å². The number of nitrogens with two attached hydrogens (primary N) is 1. The number of carbonyl (C=O) groups is 10. The Bertz CT molecular complexity index is 3090. The number of pyridine rings is 1. The Morgan fingerprint density at radius 3 is 2.33 bits per heavy atom. The van der Waals surface area contributed by atoms with Crippen molar-refractivity contribution >= 4 is 75.4 Å². The predicted octanol–water partition coefficient (Wildman–Crippen LogP) is 4.45. The third kappa shape index (κ3) is 13.7. The van der Waals surface area contributed by atoms with Crippen molar-refractivity contribution in [2.75, 3.05) is 33.0 Å². The highest BCUT2D eigenvalue weighted by molar-refractivity contribution is 6.08. The lowest BCUT2D eigenvalue weighted by molar-refractivity contribution is -0.172. The largest absolute Gasteiger partial charge is 0.387 e. The summed E-state index contributed by atoms with van der Waals surface area (Å²) in [5, 5.41) is 20.3. The molecule has 21 heteroatoms. The number of amides is 5. The topological polar surface area (TPSA) is 291 Å². The first-order valence-electron chi connectivity index (χ1n) is 28.2. The fraction of sp³-hybridized carbons (Fsp3) is 0.517. The fourth-order valence-corrected chi connectivity index (χ4v) is 11.7. The number of fused-ring (bicyclic) bond motifs is 4. The number of aliphatic hydroxyl groups is 1. The summed E-state index contributed by atoms with van der Waals surface area (Å²) >= 11 is 0. The first-order chi connectivity index (χ1) is 38.8. The van der Waals surface area contributed by atoms with Crippen LogP contribution in [0.15, 0.2) is 53.6 Å². The molecule has 5 heterocycles. The van der Waals surface area contributed by atoms with Gasteiger partial charge < -0.3 is 41.2 Å². The van der Waals surface area contributed by atoms with E-state index in [0.717, 1.165) is 27.6 Å². The van der Waals surface area contributed by atoms with Crippen LogP contribution in [0.1, 0.15) is 150 Å². The molecule has 1 saturated heterocycles. The molecule has 81 heavy (non-hydrogen) atoms. The number of benzene rings is 2. The lowest BCUT2D eigenvalue weighted by Gasteiger charge is -2.36. The minimum Gasteiger partial charge on any atom is -0.387 e. The third-order valence-corrected chi connectivity index (χ3v) is 16.2. The molecular formula is C60H72FN7O13. The number of aromatic nitrogens is 1. The predicted molar refractivity (Wildman–Crippen MR) is 292 cm³/mol. The van der Waals surface area contributed by atoms with Crippen LogP contribution in [0, 0.1) is 18.7 Å². The molecule has 6 N–H and O–H groups in total. The maximum atomic E-state index is 15.4. The van der Waals surface area contributed by atoms with Crippen LogP contribution in [0.2, 0.25) is 0 Å². The molecule has 0 spiro atoms. The highest BCUT2D eigenvalue weighted by Gasteiger charge is 2.50. The number of carbonyl (C=O) groups excluding carboxylic acids is 10. The van der Waals surface area contributed by atoms with E-state index < -0.39 is 53.0 Å². The van der Waals surface area contributed by atoms with Crippen molar-refractivity contribution in [1.29, 1.82) is 0 Å². The number of esters is 2. The van der Waals surface area contributed by atoms with Gasteiger partial charge >= 0.3 is 11.9 Å². The zero-order valence-electron chi connectivity index (χ0n) is 46.3. The van der Waals surface area contributed by atoms with Crippen LogP contribution in [-0.4, -0.2) is 129 Å². The first-order valence-corrected chi connectivity index (χ1v) is 28.2. The number of ketones is 3. The molecule has 1 aliphatic carbocycles. The number of hydrogen-bond acceptors (Lipinski definition) is 16. The third-order valence-electron chi connectivity index (χ3n) is 16.2. The van der Waals surface area contributed by atoms with Gasteiger partial charge in [0.2, 0.25) is 29.5 Å². The Morgan fingerprint density at radius 2 is 1.62 bits per heavy atom. The smallest absolute Gasteiger partial charge is 0.350 e. The molecule has 1 unspecified atom stereocenters. The average molecular weight is 1120 g/mol. The quantitative estimate of drug-likeness (QED) is 0.0211. The standard InChI is InChI=1S/C60H72FN7O13/c1-4-60(79)42-28-47-56-41(31-67(47)30-40(42)58(77)81-59(60)78)54-37(17-18-39-35(3)43(61)29-46(66-56)55(39)54)27-38(69)32-80-33-63-50(72)21-19-49(71)45(26-36-13-7-5-8-14-36)65-52(74)22-20-48(70)44(15-10-11-23-62)64-51(73)16-9-6-12-24-68-53(75)25-34(2)57(68)76/h5,7-8,13-14,28-29,34,37,44-45,79H,4,6,9-12,15-27,30-33,62H2,1-3H3,(H,63,72)(H,64,73)(H,65,74)/t34?,37-,44+,45+,60+/m1/s1. The number of imide groups is 1. The van der Waals surface area contributed by atoms with Gasteiger partial charge in [0.15, 0.2) is 23.0 Å². The van der Waals surface area contributed by atoms with Gasteiger partial charge in [0.05, 0.1) is 41.1 Å². The number of rotatable bonds is 29. The van der Waals surface area contributed by atoms with Crippen LogP contribution >= 0.6 is 0 Å². The molecule has 4 aliphatic heterocycles. The minimum atomic E-state index is -2.04. The number of nitrogens with zero attached hydrogens (tertiary/aromatic N) is 3. The number of nitrogens with one attached hydrogen (secondary N) is 3. The van der Waals surface area contributed by atoms with Gasteiger partial charge in [0.25, 0.3) is 0 Å². The zero-order chi connectivity index (χ0) is 58.1. The maximum Gasteiger partial charge on any atom is 0.350 e. The van der Waals surface area contributed by atoms with Crippen LogP contribution in [-0.2, 0) is 76.8 Å². The van der Waals surface area contributed by atoms with Crippen LogP contribution in [0.25, 0.3) is 16.6 Å². The summed E-state index contributed by atoms with van der Waals surface area (Å²) in [4.78, 5) is 138. The van der Waals surface area contributed by atoms with Gasteiger partial charge in [0, 0.05) is 86.5 Å². The molecule has 8 rings (SSSR count). The van der Waals surface area contributed by atoms with E-state index in [-0.39, 0.29) is 130 Å². The van der Waals surface area contributed by atoms with E-state index in [4.69, 9.17) is 20.2 Å². The highest BCUT2D eigenvalue weighted by atomic mass is 19.1. The number of ether oxygens (including phenoxy) is 2. The summed E-state index contributed by atoms with van der Waals surface area (Å²) in [6, 6.07) is 8.51. The summed E-state index contributed by atoms with van der Waals surface area (Å²) in [6.45, 7) is 5.42. The Hall–Kier alpha value is -7.36. The summed E-state index contributed by atoms with van der Waals surface area (Å²) in [5.74, 6) is -5.75. The second kappa shape index (κ2) is 26.5. The first kappa shape index (κ1) is 59.8. The molecule has 432 valence electrons. The summed E-state index contributed by atoms with van der Waals surface area (Å²) in [7, 11) is 0. The molecule has 20 nitrogen and oxygen atoms in total. The lowest BCUT2D eigenvalue weighted by atomic mass is 9.76. The van der Waals surface area contributed by atoms with Gasteiger partial charge in [-0.2, -0.15) is 0 Å². The van der Waals surface area contributed by atoms with Gasteiger partial charge in [-0.25, -0.2) is 19.0 Å². The minimum absolute atomic E-state index is 0.0373. The Morgan fingerprint density at radius 1 is 0.901 bits per heavy atom. The molecule has 0 bridgehead atoms. The van der Waals surface area contributed by atoms with Crippen LogP contribution in [0.3, 0.4) is 0 Å². The van der Waals surface area contributed by atoms with E-state index in [0.29, 0.717) is 93.5 Å². The summed E-state index contributed by atoms with van der Waals surface area (Å²) in [5.41, 5.74) is 9.11. The monoisotopic (exact) mass is 1120 g/mol. The molecule has 0 saturated carbocycles. The summed E-state index contributed by atoms with van der Waals surface area (Å²) in [6.07, 6.45) is 5.33. The van der Waals surface area contributed by atoms with Crippen molar-refractivity contribution < 1.29 is 66.9 Å². The number of cyclic esters (lactones) is 2. The van der Waals surface area contributed by atoms with Gasteiger partial charge in [-0.05, 0) is 106 Å². The zero-order valence-corrected chi connectivity index (χ0v) is 46.3. The van der Waals surface area contributed by atoms with E-state index in [1.165, 1.54) is 11.0 Å². The molecule has 0 radical (unpaired) electrons. The van der Waals surface area contributed by atoms with Gasteiger partial charge in [0.1, 0.15) is 19.2 Å². The molecule has 1 aromatic heterocycles. The van der Waals surface area contributed by atoms with Crippen LogP contribution in [0.5, 0.6) is 0 Å². The van der Waals surface area contributed by atoms with Crippen LogP contribution in [0.4, 0.5) is 4.39 Å². The molecule has 5 aliphatic rings. The number of halogens is 1. The number of aryl methyl sites for hydroxylation is 1. The Balaban J connectivity index is 0.816. The fourth-order valence-electron chi connectivity index (χ4n) is 11.7. The normalized spacial score (nSPS) is 19.9. The van der Waals surface area contributed by atoms with E-state index in [1.54, 1.807) is 51.1 Å². The van der Waals surface area contributed by atoms with E-state index in [2.05, 4.69) is 16.0 Å². The number of likely N-dealkylation sites (tertiary alicyclic amines) is 1. The van der Waals surface area contributed by atoms with Crippen molar-refractivity contribution in [2.45, 2.75) is 160 Å². The maximum absolute atomic E-state index is 15.4. The van der Waals surface area contributed by atoms with Crippen molar-refractivity contribution in [3.63, 3.8) is 0 Å². The molecule has 2 aromatic carbocycles. The Kier molecular flexibility index (Phi) is 19.5. The Labute approximate surface area is 469 Å². The highest BCUT2D eigenvalue weighted by Crippen LogP contribution is 2.49. The summed E-state index contributed by atoms with van der Waals surface area (Å²) < 4.78 is 26.0. The molecular weight excluding hydrogens is 1050 g/mol. The number of unbranched alkanes of at least 4 members (excludes halogenated alkanes) is 3. The van der Waals surface area contributed by atoms with E-state index in [1.807, 2.05) is 11.0 Å². The SMILES string of the molecule is CC[C@@]1(O)C(=O)OC(=O)C2=C1C=C1c3nc4cc(F)c(C)c5c4c(c3CN1C2)[C@@H](CC(=O)COCNC(=O)CCC(=O)[C@H](Cc1ccccc1)NC(=O)CCC(=O)[C@H](CCCCN)NC(=O)CCCCCN1C(=O)CC(C)C1=O)CC5. The average Bonchev–Trinajstić information content (AvgIpc) is 4.05. The second-order valence-electron chi connectivity index (χ2n) is 21.9. The number of Topliss-reactive ketones (excluding diaryl/α,β-unsaturated/α-hetero) is 3. The number of hydrogen-bond donors (Lipinski definition) is 5. The van der Waals surface area contributed by atoms with Crippen molar-refractivity contribution in [1.82, 2.24) is 30.7 Å². The molecule has 5 atom stereocenters. The molecule has 3 aromatic rings. The van der Waals surface area contributed by atoms with Gasteiger partial charge in [-0.1, -0.05) is 50.6 Å². The van der Waals surface area contributed by atoms with Crippen molar-refractivity contribution in [2.24, 2.45) is 11.7 Å². The lowest BCUT2D eigenvalue weighted by Crippen LogP contribution is -2.49. The van der Waals surface area contributed by atoms with E-state index >= 15 is 4.39 Å². The molecule has 1 fully saturated rings. The molecule has 5 amide bonds. The van der Waals surface area contributed by atoms with Crippen LogP contribution < -0.4 is 21.7 Å². The van der Waals surface area contributed by atoms with Gasteiger partial charge in [-0.15, -0.1) is 0 Å². The second-order valence-corrected chi connectivity index (χ2v) is 21.9. The van der Waals surface area contributed by atoms with Gasteiger partial charge in [-0.3, -0.25) is 43.3 Å². The van der Waals surface area contributed by atoms with Crippen molar-refractivity contribution in [3.8, 4) is 0 Å².